The number of thioether (sulfide) groups is 1. The number of nitrogen functional groups attached to an aromatic ring is 1. The molecule has 0 atom stereocenters. The minimum Gasteiger partial charge on any atom is -0.490 e. The Morgan fingerprint density at radius 1 is 1.32 bits per heavy atom. The van der Waals surface area contributed by atoms with Gasteiger partial charge in [0.2, 0.25) is 5.16 Å². The first-order chi connectivity index (χ1) is 10.8. The maximum Gasteiger partial charge on any atom is 0.210 e. The Bertz CT molecular complexity index is 628. The second-order valence-corrected chi connectivity index (χ2v) is 6.17. The van der Waals surface area contributed by atoms with Gasteiger partial charge in [0.25, 0.3) is 0 Å². The van der Waals surface area contributed by atoms with Crippen molar-refractivity contribution in [2.45, 2.75) is 36.3 Å². The van der Waals surface area contributed by atoms with Crippen LogP contribution in [0.4, 0.5) is 0 Å². The van der Waals surface area contributed by atoms with Crippen LogP contribution in [0.1, 0.15) is 24.2 Å². The topological polar surface area (TPSA) is 75.2 Å². The number of aromatic nitrogens is 3. The minimum atomic E-state index is 0.393. The highest BCUT2D eigenvalue weighted by molar-refractivity contribution is 7.98. The molecule has 1 fully saturated rings. The molecule has 0 saturated heterocycles. The largest absolute Gasteiger partial charge is 0.490 e. The minimum absolute atomic E-state index is 0.393. The highest BCUT2D eigenvalue weighted by Crippen LogP contribution is 2.32. The molecule has 0 aliphatic heterocycles. The molecule has 22 heavy (non-hydrogen) atoms. The van der Waals surface area contributed by atoms with Crippen LogP contribution in [0.3, 0.4) is 0 Å². The van der Waals surface area contributed by atoms with E-state index in [1.165, 1.54) is 4.68 Å². The Kier molecular flexibility index (Phi) is 4.84. The van der Waals surface area contributed by atoms with Crippen LogP contribution in [0, 0.1) is 0 Å². The highest BCUT2D eigenvalue weighted by atomic mass is 32.2. The van der Waals surface area contributed by atoms with Crippen molar-refractivity contribution in [1.82, 2.24) is 14.9 Å². The number of hydrogen-bond acceptors (Lipinski definition) is 6. The summed E-state index contributed by atoms with van der Waals surface area (Å²) in [6.45, 7) is 0.581. The summed E-state index contributed by atoms with van der Waals surface area (Å²) in [5, 5.41) is 8.94. The van der Waals surface area contributed by atoms with E-state index in [4.69, 9.17) is 15.3 Å². The van der Waals surface area contributed by atoms with E-state index < -0.39 is 0 Å². The van der Waals surface area contributed by atoms with Gasteiger partial charge in [0.1, 0.15) is 5.75 Å². The molecule has 1 aliphatic carbocycles. The summed E-state index contributed by atoms with van der Waals surface area (Å²) in [5.74, 6) is 8.46. The van der Waals surface area contributed by atoms with Gasteiger partial charge in [0.05, 0.1) is 12.7 Å². The van der Waals surface area contributed by atoms with Crippen LogP contribution in [0.25, 0.3) is 0 Å². The maximum atomic E-state index is 6.02. The molecule has 7 heteroatoms. The van der Waals surface area contributed by atoms with Crippen molar-refractivity contribution in [3.8, 4) is 5.75 Å². The standard InChI is InChI=1S/C15H20N4O2S/c1-20-9-8-14-17-18-15(19(14)16)22-10-11-4-2-3-5-13(11)21-12-6-7-12/h2-5,12H,6-10,16H2,1H3. The summed E-state index contributed by atoms with van der Waals surface area (Å²) < 4.78 is 12.5. The van der Waals surface area contributed by atoms with Gasteiger partial charge >= 0.3 is 0 Å². The molecule has 1 aliphatic rings. The molecule has 0 radical (unpaired) electrons. The Morgan fingerprint density at radius 2 is 2.14 bits per heavy atom. The molecule has 1 aromatic heterocycles. The second-order valence-electron chi connectivity index (χ2n) is 5.23. The van der Waals surface area contributed by atoms with E-state index in [2.05, 4.69) is 16.3 Å². The first kappa shape index (κ1) is 15.2. The first-order valence-electron chi connectivity index (χ1n) is 7.33. The molecule has 0 spiro atoms. The summed E-state index contributed by atoms with van der Waals surface area (Å²) in [4.78, 5) is 0. The monoisotopic (exact) mass is 320 g/mol. The molecule has 1 heterocycles. The Labute approximate surface area is 134 Å². The molecule has 0 bridgehead atoms. The second kappa shape index (κ2) is 7.02. The van der Waals surface area contributed by atoms with Crippen LogP contribution in [-0.2, 0) is 16.9 Å². The van der Waals surface area contributed by atoms with Gasteiger partial charge in [-0.15, -0.1) is 10.2 Å². The zero-order valence-electron chi connectivity index (χ0n) is 12.6. The van der Waals surface area contributed by atoms with Crippen molar-refractivity contribution in [2.75, 3.05) is 19.6 Å². The Hall–Kier alpha value is -1.73. The van der Waals surface area contributed by atoms with Gasteiger partial charge in [-0.05, 0) is 18.9 Å². The third-order valence-electron chi connectivity index (χ3n) is 3.41. The number of methoxy groups -OCH3 is 1. The molecule has 2 aromatic rings. The SMILES string of the molecule is COCCc1nnc(SCc2ccccc2OC2CC2)n1N. The van der Waals surface area contributed by atoms with E-state index in [1.54, 1.807) is 18.9 Å². The van der Waals surface area contributed by atoms with Crippen molar-refractivity contribution in [3.05, 3.63) is 35.7 Å². The van der Waals surface area contributed by atoms with Crippen LogP contribution in [0.2, 0.25) is 0 Å². The lowest BCUT2D eigenvalue weighted by Crippen LogP contribution is -2.15. The number of rotatable bonds is 8. The van der Waals surface area contributed by atoms with Crippen LogP contribution in [0.15, 0.2) is 29.4 Å². The van der Waals surface area contributed by atoms with Crippen LogP contribution < -0.4 is 10.6 Å². The van der Waals surface area contributed by atoms with Gasteiger partial charge in [-0.2, -0.15) is 0 Å². The average molecular weight is 320 g/mol. The van der Waals surface area contributed by atoms with Gasteiger partial charge in [0.15, 0.2) is 5.82 Å². The van der Waals surface area contributed by atoms with Crippen molar-refractivity contribution in [1.29, 1.82) is 0 Å². The van der Waals surface area contributed by atoms with E-state index in [1.807, 2.05) is 18.2 Å². The third kappa shape index (κ3) is 3.72. The lowest BCUT2D eigenvalue weighted by atomic mass is 10.2. The number of hydrogen-bond donors (Lipinski definition) is 1. The fourth-order valence-electron chi connectivity index (χ4n) is 2.02. The number of nitrogens with zero attached hydrogens (tertiary/aromatic N) is 3. The van der Waals surface area contributed by atoms with Crippen molar-refractivity contribution in [2.24, 2.45) is 0 Å². The lowest BCUT2D eigenvalue weighted by molar-refractivity contribution is 0.200. The summed E-state index contributed by atoms with van der Waals surface area (Å²) >= 11 is 1.56. The fourth-order valence-corrected chi connectivity index (χ4v) is 2.88. The normalized spacial score (nSPS) is 14.2. The summed E-state index contributed by atoms with van der Waals surface area (Å²) in [6, 6.07) is 8.12. The summed E-state index contributed by atoms with van der Waals surface area (Å²) in [6.07, 6.45) is 3.36. The molecule has 6 nitrogen and oxygen atoms in total. The molecular formula is C15H20N4O2S. The van der Waals surface area contributed by atoms with Crippen LogP contribution in [0.5, 0.6) is 5.75 Å². The Morgan fingerprint density at radius 3 is 2.91 bits per heavy atom. The van der Waals surface area contributed by atoms with E-state index in [-0.39, 0.29) is 0 Å². The van der Waals surface area contributed by atoms with E-state index in [9.17, 15) is 0 Å². The zero-order valence-corrected chi connectivity index (χ0v) is 13.4. The van der Waals surface area contributed by atoms with Gasteiger partial charge in [-0.25, -0.2) is 4.68 Å². The molecule has 2 N–H and O–H groups in total. The number of para-hydroxylation sites is 1. The van der Waals surface area contributed by atoms with Crippen molar-refractivity contribution in [3.63, 3.8) is 0 Å². The number of ether oxygens (including phenoxy) is 2. The van der Waals surface area contributed by atoms with Crippen LogP contribution >= 0.6 is 11.8 Å². The molecular weight excluding hydrogens is 300 g/mol. The summed E-state index contributed by atoms with van der Waals surface area (Å²) in [7, 11) is 1.66. The maximum absolute atomic E-state index is 6.02. The molecule has 1 aromatic carbocycles. The lowest BCUT2D eigenvalue weighted by Gasteiger charge is -2.10. The zero-order chi connectivity index (χ0) is 15.4. The summed E-state index contributed by atoms with van der Waals surface area (Å²) in [5.41, 5.74) is 1.15. The molecule has 3 rings (SSSR count). The third-order valence-corrected chi connectivity index (χ3v) is 4.40. The van der Waals surface area contributed by atoms with Gasteiger partial charge in [0, 0.05) is 24.8 Å². The van der Waals surface area contributed by atoms with Gasteiger partial charge < -0.3 is 15.3 Å². The molecule has 0 amide bonds. The average Bonchev–Trinajstić information content (AvgIpc) is 3.28. The predicted octanol–water partition coefficient (Wildman–Crippen LogP) is 2.01. The van der Waals surface area contributed by atoms with Gasteiger partial charge in [-0.1, -0.05) is 30.0 Å². The van der Waals surface area contributed by atoms with Crippen molar-refractivity contribution < 1.29 is 9.47 Å². The van der Waals surface area contributed by atoms with E-state index in [0.29, 0.717) is 24.3 Å². The van der Waals surface area contributed by atoms with Crippen LogP contribution in [-0.4, -0.2) is 34.7 Å². The Balaban J connectivity index is 1.63. The molecule has 1 saturated carbocycles. The molecule has 118 valence electrons. The quantitative estimate of drug-likeness (QED) is 0.592. The molecule has 0 unspecified atom stereocenters. The van der Waals surface area contributed by atoms with Crippen molar-refractivity contribution >= 4 is 11.8 Å². The van der Waals surface area contributed by atoms with E-state index >= 15 is 0 Å². The number of nitrogens with two attached hydrogens (primary N) is 1. The fraction of sp³-hybridized carbons (Fsp3) is 0.467. The highest BCUT2D eigenvalue weighted by Gasteiger charge is 2.24. The first-order valence-corrected chi connectivity index (χ1v) is 8.32. The predicted molar refractivity (Wildman–Crippen MR) is 85.4 cm³/mol. The number of benzene rings is 1. The van der Waals surface area contributed by atoms with Gasteiger partial charge in [-0.3, -0.25) is 0 Å². The smallest absolute Gasteiger partial charge is 0.210 e. The van der Waals surface area contributed by atoms with E-state index in [0.717, 1.165) is 35.7 Å².